The first-order valence-electron chi connectivity index (χ1n) is 7.02. The van der Waals surface area contributed by atoms with Crippen molar-refractivity contribution in [1.82, 2.24) is 4.98 Å². The van der Waals surface area contributed by atoms with Gasteiger partial charge in [0.1, 0.15) is 5.78 Å². The van der Waals surface area contributed by atoms with Gasteiger partial charge in [-0.3, -0.25) is 4.79 Å². The van der Waals surface area contributed by atoms with Crippen molar-refractivity contribution in [3.05, 3.63) is 76.7 Å². The van der Waals surface area contributed by atoms with Crippen molar-refractivity contribution in [3.8, 4) is 0 Å². The third-order valence-corrected chi connectivity index (χ3v) is 5.07. The zero-order valence-electron chi connectivity index (χ0n) is 11.9. The highest BCUT2D eigenvalue weighted by molar-refractivity contribution is 7.99. The van der Waals surface area contributed by atoms with Crippen LogP contribution in [0.25, 0.3) is 0 Å². The number of benzene rings is 2. The molecule has 0 amide bonds. The maximum atomic E-state index is 12.2. The van der Waals surface area contributed by atoms with Crippen molar-refractivity contribution in [1.29, 1.82) is 0 Å². The van der Waals surface area contributed by atoms with E-state index in [0.29, 0.717) is 12.8 Å². The van der Waals surface area contributed by atoms with Crippen molar-refractivity contribution in [2.45, 2.75) is 22.6 Å². The van der Waals surface area contributed by atoms with E-state index in [0.717, 1.165) is 15.5 Å². The molecule has 0 fully saturated rings. The van der Waals surface area contributed by atoms with Crippen LogP contribution in [-0.2, 0) is 17.6 Å². The number of thiazole rings is 1. The standard InChI is InChI=1S/C18H15NOS2/c20-15(13-18-19-10-11-21-18)12-14-6-4-5-9-17(14)22-16-7-2-1-3-8-16/h1-11H,12-13H2. The van der Waals surface area contributed by atoms with Gasteiger partial charge in [-0.05, 0) is 23.8 Å². The van der Waals surface area contributed by atoms with Gasteiger partial charge in [0.05, 0.1) is 11.4 Å². The van der Waals surface area contributed by atoms with Gasteiger partial charge in [0.2, 0.25) is 0 Å². The highest BCUT2D eigenvalue weighted by Crippen LogP contribution is 2.30. The van der Waals surface area contributed by atoms with Crippen LogP contribution in [0.15, 0.2) is 76.0 Å². The molecule has 22 heavy (non-hydrogen) atoms. The molecule has 0 aliphatic heterocycles. The minimum atomic E-state index is 0.205. The number of ketones is 1. The van der Waals surface area contributed by atoms with Crippen molar-refractivity contribution in [2.75, 3.05) is 0 Å². The Bertz CT molecular complexity index is 739. The topological polar surface area (TPSA) is 30.0 Å². The summed E-state index contributed by atoms with van der Waals surface area (Å²) in [5.74, 6) is 0.205. The van der Waals surface area contributed by atoms with Gasteiger partial charge in [-0.15, -0.1) is 11.3 Å². The molecule has 0 radical (unpaired) electrons. The highest BCUT2D eigenvalue weighted by atomic mass is 32.2. The molecule has 0 aliphatic rings. The van der Waals surface area contributed by atoms with Gasteiger partial charge >= 0.3 is 0 Å². The van der Waals surface area contributed by atoms with E-state index in [4.69, 9.17) is 0 Å². The molecule has 0 saturated carbocycles. The molecule has 3 rings (SSSR count). The molecule has 3 aromatic rings. The van der Waals surface area contributed by atoms with E-state index in [2.05, 4.69) is 23.2 Å². The smallest absolute Gasteiger partial charge is 0.144 e. The number of nitrogens with zero attached hydrogens (tertiary/aromatic N) is 1. The lowest BCUT2D eigenvalue weighted by atomic mass is 10.1. The number of rotatable bonds is 6. The van der Waals surface area contributed by atoms with E-state index < -0.39 is 0 Å². The van der Waals surface area contributed by atoms with Gasteiger partial charge in [-0.25, -0.2) is 4.98 Å². The summed E-state index contributed by atoms with van der Waals surface area (Å²) >= 11 is 3.23. The van der Waals surface area contributed by atoms with Crippen molar-refractivity contribution in [2.24, 2.45) is 0 Å². The Morgan fingerprint density at radius 2 is 1.77 bits per heavy atom. The first-order valence-corrected chi connectivity index (χ1v) is 8.72. The quantitative estimate of drug-likeness (QED) is 0.661. The lowest BCUT2D eigenvalue weighted by molar-refractivity contribution is -0.117. The van der Waals surface area contributed by atoms with E-state index in [9.17, 15) is 4.79 Å². The minimum absolute atomic E-state index is 0.205. The number of Topliss-reactive ketones (excluding diaryl/α,β-unsaturated/α-hetero) is 1. The molecule has 4 heteroatoms. The first kappa shape index (κ1) is 15.0. The Hall–Kier alpha value is -1.91. The highest BCUT2D eigenvalue weighted by Gasteiger charge is 2.11. The second kappa shape index (κ2) is 7.38. The second-order valence-corrected chi connectivity index (χ2v) is 6.94. The summed E-state index contributed by atoms with van der Waals surface area (Å²) in [5.41, 5.74) is 1.08. The molecule has 0 N–H and O–H groups in total. The van der Waals surface area contributed by atoms with Crippen molar-refractivity contribution in [3.63, 3.8) is 0 Å². The third-order valence-electron chi connectivity index (χ3n) is 3.16. The maximum absolute atomic E-state index is 12.2. The van der Waals surface area contributed by atoms with E-state index in [1.807, 2.05) is 41.8 Å². The summed E-state index contributed by atoms with van der Waals surface area (Å²) in [5, 5.41) is 2.79. The Labute approximate surface area is 138 Å². The second-order valence-electron chi connectivity index (χ2n) is 4.84. The van der Waals surface area contributed by atoms with Gasteiger partial charge in [-0.1, -0.05) is 48.2 Å². The third kappa shape index (κ3) is 4.06. The fourth-order valence-corrected chi connectivity index (χ4v) is 3.76. The molecular weight excluding hydrogens is 310 g/mol. The molecule has 0 aliphatic carbocycles. The van der Waals surface area contributed by atoms with Crippen LogP contribution in [-0.4, -0.2) is 10.8 Å². The zero-order valence-corrected chi connectivity index (χ0v) is 13.6. The number of hydrogen-bond donors (Lipinski definition) is 0. The number of carbonyl (C=O) groups is 1. The molecule has 0 unspecified atom stereocenters. The average Bonchev–Trinajstić information content (AvgIpc) is 3.03. The molecule has 2 aromatic carbocycles. The molecule has 110 valence electrons. The summed E-state index contributed by atoms with van der Waals surface area (Å²) in [6.07, 6.45) is 2.62. The summed E-state index contributed by atoms with van der Waals surface area (Å²) in [6, 6.07) is 18.3. The Balaban J connectivity index is 1.72. The average molecular weight is 325 g/mol. The number of hydrogen-bond acceptors (Lipinski definition) is 4. The zero-order chi connectivity index (χ0) is 15.2. The summed E-state index contributed by atoms with van der Waals surface area (Å²) < 4.78 is 0. The van der Waals surface area contributed by atoms with E-state index in [1.54, 1.807) is 18.0 Å². The molecule has 2 nitrogen and oxygen atoms in total. The summed E-state index contributed by atoms with van der Waals surface area (Å²) in [7, 11) is 0. The normalized spacial score (nSPS) is 10.5. The SMILES string of the molecule is O=C(Cc1nccs1)Cc1ccccc1Sc1ccccc1. The summed E-state index contributed by atoms with van der Waals surface area (Å²) in [4.78, 5) is 18.7. The van der Waals surface area contributed by atoms with Crippen LogP contribution in [0.4, 0.5) is 0 Å². The predicted octanol–water partition coefficient (Wildman–Crippen LogP) is 4.65. The molecule has 0 saturated heterocycles. The van der Waals surface area contributed by atoms with Gasteiger partial charge in [-0.2, -0.15) is 0 Å². The van der Waals surface area contributed by atoms with E-state index >= 15 is 0 Å². The van der Waals surface area contributed by atoms with Crippen molar-refractivity contribution < 1.29 is 4.79 Å². The van der Waals surface area contributed by atoms with Gasteiger partial charge in [0, 0.05) is 27.8 Å². The van der Waals surface area contributed by atoms with Crippen LogP contribution in [0.5, 0.6) is 0 Å². The Morgan fingerprint density at radius 3 is 2.55 bits per heavy atom. The lowest BCUT2D eigenvalue weighted by Crippen LogP contribution is -2.07. The first-order chi connectivity index (χ1) is 10.8. The van der Waals surface area contributed by atoms with Crippen molar-refractivity contribution >= 4 is 28.9 Å². The minimum Gasteiger partial charge on any atom is -0.299 e. The van der Waals surface area contributed by atoms with Crippen LogP contribution in [0.2, 0.25) is 0 Å². The van der Waals surface area contributed by atoms with E-state index in [-0.39, 0.29) is 5.78 Å². The van der Waals surface area contributed by atoms with Crippen LogP contribution in [0.3, 0.4) is 0 Å². The fraction of sp³-hybridized carbons (Fsp3) is 0.111. The van der Waals surface area contributed by atoms with Gasteiger partial charge in [0.25, 0.3) is 0 Å². The molecule has 0 spiro atoms. The molecule has 1 heterocycles. The lowest BCUT2D eigenvalue weighted by Gasteiger charge is -2.08. The molecule has 0 bridgehead atoms. The maximum Gasteiger partial charge on any atom is 0.144 e. The largest absolute Gasteiger partial charge is 0.299 e. The predicted molar refractivity (Wildman–Crippen MR) is 91.5 cm³/mol. The molecule has 0 atom stereocenters. The van der Waals surface area contributed by atoms with Crippen LogP contribution in [0, 0.1) is 0 Å². The number of aromatic nitrogens is 1. The Kier molecular flexibility index (Phi) is 5.03. The van der Waals surface area contributed by atoms with Crippen LogP contribution < -0.4 is 0 Å². The van der Waals surface area contributed by atoms with Gasteiger partial charge < -0.3 is 0 Å². The summed E-state index contributed by atoms with van der Waals surface area (Å²) in [6.45, 7) is 0. The Morgan fingerprint density at radius 1 is 1.00 bits per heavy atom. The fourth-order valence-electron chi connectivity index (χ4n) is 2.15. The van der Waals surface area contributed by atoms with Gasteiger partial charge in [0.15, 0.2) is 0 Å². The van der Waals surface area contributed by atoms with Crippen LogP contribution >= 0.6 is 23.1 Å². The number of carbonyl (C=O) groups excluding carboxylic acids is 1. The molecule has 1 aromatic heterocycles. The monoisotopic (exact) mass is 325 g/mol. The molecular formula is C18H15NOS2. The van der Waals surface area contributed by atoms with E-state index in [1.165, 1.54) is 16.2 Å². The van der Waals surface area contributed by atoms with Crippen LogP contribution in [0.1, 0.15) is 10.6 Å².